The molecule has 2 N–H and O–H groups in total. The van der Waals surface area contributed by atoms with E-state index in [4.69, 9.17) is 16.7 Å². The maximum Gasteiger partial charge on any atom is 0.307 e. The van der Waals surface area contributed by atoms with E-state index in [1.807, 2.05) is 0 Å². The highest BCUT2D eigenvalue weighted by Gasteiger charge is 2.20. The molecule has 0 amide bonds. The molecule has 1 aromatic carbocycles. The Morgan fingerprint density at radius 2 is 2.05 bits per heavy atom. The van der Waals surface area contributed by atoms with Gasteiger partial charge in [-0.3, -0.25) is 9.52 Å². The maximum absolute atomic E-state index is 12.3. The van der Waals surface area contributed by atoms with E-state index in [0.717, 1.165) is 11.3 Å². The molecule has 0 radical (unpaired) electrons. The van der Waals surface area contributed by atoms with Crippen molar-refractivity contribution in [3.8, 4) is 0 Å². The van der Waals surface area contributed by atoms with E-state index in [1.54, 1.807) is 25.1 Å². The van der Waals surface area contributed by atoms with Crippen molar-refractivity contribution in [3.05, 3.63) is 45.8 Å². The molecule has 112 valence electrons. The second-order valence-corrected chi connectivity index (χ2v) is 7.92. The van der Waals surface area contributed by atoms with Crippen molar-refractivity contribution in [2.24, 2.45) is 0 Å². The van der Waals surface area contributed by atoms with E-state index in [2.05, 4.69) is 4.72 Å². The lowest BCUT2D eigenvalue weighted by Crippen LogP contribution is -2.14. The molecule has 0 aliphatic heterocycles. The van der Waals surface area contributed by atoms with Crippen molar-refractivity contribution in [1.29, 1.82) is 0 Å². The minimum Gasteiger partial charge on any atom is -0.481 e. The van der Waals surface area contributed by atoms with Gasteiger partial charge in [0, 0.05) is 0 Å². The second-order valence-electron chi connectivity index (χ2n) is 4.36. The zero-order valence-electron chi connectivity index (χ0n) is 11.0. The third-order valence-electron chi connectivity index (χ3n) is 2.70. The van der Waals surface area contributed by atoms with Crippen LogP contribution >= 0.6 is 22.9 Å². The molecule has 1 aromatic heterocycles. The van der Waals surface area contributed by atoms with Crippen molar-refractivity contribution in [3.63, 3.8) is 0 Å². The number of aryl methyl sites for hydroxylation is 1. The maximum atomic E-state index is 12.3. The topological polar surface area (TPSA) is 83.5 Å². The number of nitrogens with one attached hydrogen (secondary N) is 1. The molecule has 0 bridgehead atoms. The van der Waals surface area contributed by atoms with Crippen LogP contribution in [-0.2, 0) is 21.2 Å². The van der Waals surface area contributed by atoms with Crippen LogP contribution in [0.5, 0.6) is 0 Å². The molecule has 2 aromatic rings. The SMILES string of the molecule is Cc1cc(S(=O)(=O)Nc2ccccc2CC(=O)O)sc1Cl. The Bertz CT molecular complexity index is 764. The highest BCUT2D eigenvalue weighted by molar-refractivity contribution is 7.94. The number of sulfonamides is 1. The summed E-state index contributed by atoms with van der Waals surface area (Å²) >= 11 is 6.85. The van der Waals surface area contributed by atoms with Gasteiger partial charge in [0.25, 0.3) is 10.0 Å². The fourth-order valence-corrected chi connectivity index (χ4v) is 4.50. The number of carboxylic acids is 1. The van der Waals surface area contributed by atoms with Crippen molar-refractivity contribution >= 4 is 44.6 Å². The number of hydrogen-bond donors (Lipinski definition) is 2. The van der Waals surface area contributed by atoms with Gasteiger partial charge in [0.1, 0.15) is 4.21 Å². The van der Waals surface area contributed by atoms with Gasteiger partial charge in [0.15, 0.2) is 0 Å². The molecule has 0 saturated heterocycles. The first-order chi connectivity index (χ1) is 9.79. The van der Waals surface area contributed by atoms with Gasteiger partial charge in [-0.05, 0) is 30.2 Å². The first-order valence-corrected chi connectivity index (χ1v) is 8.56. The van der Waals surface area contributed by atoms with E-state index in [0.29, 0.717) is 15.5 Å². The van der Waals surface area contributed by atoms with E-state index in [9.17, 15) is 13.2 Å². The average Bonchev–Trinajstić information content (AvgIpc) is 2.72. The Balaban J connectivity index is 2.35. The summed E-state index contributed by atoms with van der Waals surface area (Å²) in [6.07, 6.45) is -0.261. The van der Waals surface area contributed by atoms with Gasteiger partial charge < -0.3 is 5.11 Å². The van der Waals surface area contributed by atoms with Crippen LogP contribution < -0.4 is 4.72 Å². The van der Waals surface area contributed by atoms with Crippen LogP contribution in [0.4, 0.5) is 5.69 Å². The van der Waals surface area contributed by atoms with Crippen LogP contribution in [0.1, 0.15) is 11.1 Å². The Morgan fingerprint density at radius 1 is 1.38 bits per heavy atom. The van der Waals surface area contributed by atoms with Crippen LogP contribution in [0.3, 0.4) is 0 Å². The van der Waals surface area contributed by atoms with Crippen LogP contribution in [0.25, 0.3) is 0 Å². The Morgan fingerprint density at radius 3 is 2.62 bits per heavy atom. The molecule has 21 heavy (non-hydrogen) atoms. The summed E-state index contributed by atoms with van der Waals surface area (Å²) in [5.74, 6) is -1.03. The largest absolute Gasteiger partial charge is 0.481 e. The lowest BCUT2D eigenvalue weighted by atomic mass is 10.1. The number of para-hydroxylation sites is 1. The van der Waals surface area contributed by atoms with Gasteiger partial charge in [0.05, 0.1) is 16.4 Å². The van der Waals surface area contributed by atoms with Crippen molar-refractivity contribution in [1.82, 2.24) is 0 Å². The zero-order valence-corrected chi connectivity index (χ0v) is 13.3. The van der Waals surface area contributed by atoms with Crippen molar-refractivity contribution in [2.75, 3.05) is 4.72 Å². The van der Waals surface area contributed by atoms with Crippen molar-refractivity contribution in [2.45, 2.75) is 17.6 Å². The summed E-state index contributed by atoms with van der Waals surface area (Å²) in [5, 5.41) is 8.85. The minimum absolute atomic E-state index is 0.0927. The predicted octanol–water partition coefficient (Wildman–Crippen LogP) is 3.14. The first-order valence-electron chi connectivity index (χ1n) is 5.88. The minimum atomic E-state index is -3.78. The molecule has 0 aliphatic rings. The van der Waals surface area contributed by atoms with E-state index in [-0.39, 0.29) is 16.3 Å². The summed E-state index contributed by atoms with van der Waals surface area (Å²) in [4.78, 5) is 10.8. The smallest absolute Gasteiger partial charge is 0.307 e. The molecule has 5 nitrogen and oxygen atoms in total. The van der Waals surface area contributed by atoms with Gasteiger partial charge in [-0.1, -0.05) is 29.8 Å². The molecule has 1 heterocycles. The van der Waals surface area contributed by atoms with Crippen LogP contribution in [-0.4, -0.2) is 19.5 Å². The summed E-state index contributed by atoms with van der Waals surface area (Å²) in [7, 11) is -3.78. The molecule has 0 saturated carbocycles. The summed E-state index contributed by atoms with van der Waals surface area (Å²) < 4.78 is 27.5. The quantitative estimate of drug-likeness (QED) is 0.872. The lowest BCUT2D eigenvalue weighted by molar-refractivity contribution is -0.136. The number of thiophene rings is 1. The number of hydrogen-bond acceptors (Lipinski definition) is 4. The molecule has 0 fully saturated rings. The Kier molecular flexibility index (Phi) is 4.55. The molecule has 0 atom stereocenters. The van der Waals surface area contributed by atoms with E-state index >= 15 is 0 Å². The molecular weight excluding hydrogens is 334 g/mol. The number of anilines is 1. The molecule has 2 rings (SSSR count). The fraction of sp³-hybridized carbons (Fsp3) is 0.154. The number of carboxylic acid groups (broad SMARTS) is 1. The van der Waals surface area contributed by atoms with Crippen LogP contribution in [0.2, 0.25) is 4.34 Å². The molecular formula is C13H12ClNO4S2. The Labute approximate surface area is 131 Å². The van der Waals surface area contributed by atoms with Gasteiger partial charge in [-0.2, -0.15) is 0 Å². The number of aliphatic carboxylic acids is 1. The van der Waals surface area contributed by atoms with Crippen LogP contribution in [0.15, 0.2) is 34.5 Å². The molecule has 0 unspecified atom stereocenters. The number of carbonyl (C=O) groups is 1. The molecule has 8 heteroatoms. The van der Waals surface area contributed by atoms with Crippen molar-refractivity contribution < 1.29 is 18.3 Å². The summed E-state index contributed by atoms with van der Waals surface area (Å²) in [6.45, 7) is 1.72. The second kappa shape index (κ2) is 6.05. The molecule has 0 spiro atoms. The number of rotatable bonds is 5. The summed E-state index contributed by atoms with van der Waals surface area (Å²) in [5.41, 5.74) is 1.33. The number of benzene rings is 1. The summed E-state index contributed by atoms with van der Waals surface area (Å²) in [6, 6.07) is 7.86. The van der Waals surface area contributed by atoms with Crippen LogP contribution in [0, 0.1) is 6.92 Å². The van der Waals surface area contributed by atoms with Gasteiger partial charge >= 0.3 is 5.97 Å². The normalized spacial score (nSPS) is 11.3. The van der Waals surface area contributed by atoms with E-state index in [1.165, 1.54) is 12.1 Å². The third kappa shape index (κ3) is 3.75. The predicted molar refractivity (Wildman–Crippen MR) is 82.7 cm³/mol. The van der Waals surface area contributed by atoms with Gasteiger partial charge in [-0.25, -0.2) is 8.42 Å². The third-order valence-corrected chi connectivity index (χ3v) is 6.10. The van der Waals surface area contributed by atoms with Gasteiger partial charge in [-0.15, -0.1) is 11.3 Å². The highest BCUT2D eigenvalue weighted by atomic mass is 35.5. The highest BCUT2D eigenvalue weighted by Crippen LogP contribution is 2.31. The monoisotopic (exact) mass is 345 g/mol. The lowest BCUT2D eigenvalue weighted by Gasteiger charge is -2.10. The number of halogens is 1. The standard InChI is InChI=1S/C13H12ClNO4S2/c1-8-6-12(20-13(8)14)21(18,19)15-10-5-3-2-4-9(10)7-11(16)17/h2-6,15H,7H2,1H3,(H,16,17). The van der Waals surface area contributed by atoms with Gasteiger partial charge in [0.2, 0.25) is 0 Å². The average molecular weight is 346 g/mol. The van der Waals surface area contributed by atoms with E-state index < -0.39 is 16.0 Å². The molecule has 0 aliphatic carbocycles. The first kappa shape index (κ1) is 15.8. The zero-order chi connectivity index (χ0) is 15.6. The fourth-order valence-electron chi connectivity index (χ4n) is 1.70. The Hall–Kier alpha value is -1.57.